The first-order valence-corrected chi connectivity index (χ1v) is 8.33. The van der Waals surface area contributed by atoms with Crippen molar-refractivity contribution in [1.82, 2.24) is 4.90 Å². The van der Waals surface area contributed by atoms with Crippen molar-refractivity contribution >= 4 is 18.0 Å². The first-order chi connectivity index (χ1) is 12.8. The minimum absolute atomic E-state index is 0.0779. The van der Waals surface area contributed by atoms with Crippen molar-refractivity contribution in [1.29, 1.82) is 0 Å². The molecule has 2 aromatic rings. The SMILES string of the molecule is CCN(C(=O)/C=C/c1ccc(O)c(O)c1)[C@@H](Cc1ccc(O)cc1)C(=O)O. The van der Waals surface area contributed by atoms with Gasteiger partial charge in [0.2, 0.25) is 5.91 Å². The molecule has 4 N–H and O–H groups in total. The smallest absolute Gasteiger partial charge is 0.326 e. The standard InChI is InChI=1S/C20H21NO6/c1-2-21(16(20(26)27)11-13-3-7-15(22)8-4-13)19(25)10-6-14-5-9-17(23)18(24)12-14/h3-10,12,16,22-24H,2,11H2,1H3,(H,26,27)/b10-6+/t16-/m0/s1. The van der Waals surface area contributed by atoms with Crippen molar-refractivity contribution in [3.8, 4) is 17.2 Å². The molecule has 0 aliphatic carbocycles. The number of nitrogens with zero attached hydrogens (tertiary/aromatic N) is 1. The minimum Gasteiger partial charge on any atom is -0.508 e. The zero-order valence-electron chi connectivity index (χ0n) is 14.7. The number of phenols is 3. The van der Waals surface area contributed by atoms with Gasteiger partial charge in [0.15, 0.2) is 11.5 Å². The van der Waals surface area contributed by atoms with E-state index in [1.807, 2.05) is 0 Å². The Morgan fingerprint density at radius 1 is 1.04 bits per heavy atom. The van der Waals surface area contributed by atoms with E-state index in [9.17, 15) is 30.0 Å². The molecule has 7 heteroatoms. The largest absolute Gasteiger partial charge is 0.508 e. The zero-order valence-corrected chi connectivity index (χ0v) is 14.7. The van der Waals surface area contributed by atoms with Gasteiger partial charge < -0.3 is 25.3 Å². The molecular weight excluding hydrogens is 350 g/mol. The number of hydrogen-bond acceptors (Lipinski definition) is 5. The Balaban J connectivity index is 2.18. The van der Waals surface area contributed by atoms with E-state index in [1.54, 1.807) is 19.1 Å². The Hall–Kier alpha value is -3.48. The molecule has 7 nitrogen and oxygen atoms in total. The average Bonchev–Trinajstić information content (AvgIpc) is 2.64. The van der Waals surface area contributed by atoms with Crippen LogP contribution in [0.1, 0.15) is 18.1 Å². The summed E-state index contributed by atoms with van der Waals surface area (Å²) in [4.78, 5) is 25.4. The number of benzene rings is 2. The first-order valence-electron chi connectivity index (χ1n) is 8.33. The van der Waals surface area contributed by atoms with Crippen LogP contribution in [0.25, 0.3) is 6.08 Å². The molecular formula is C20H21NO6. The summed E-state index contributed by atoms with van der Waals surface area (Å²) in [6.45, 7) is 1.88. The second-order valence-corrected chi connectivity index (χ2v) is 5.93. The fourth-order valence-corrected chi connectivity index (χ4v) is 2.62. The first kappa shape index (κ1) is 19.8. The number of carbonyl (C=O) groups excluding carboxylic acids is 1. The molecule has 2 rings (SSSR count). The molecule has 1 atom stereocenters. The molecule has 0 unspecified atom stereocenters. The Bertz CT molecular complexity index is 844. The lowest BCUT2D eigenvalue weighted by Gasteiger charge is -2.27. The number of rotatable bonds is 7. The number of aliphatic carboxylic acids is 1. The van der Waals surface area contributed by atoms with Gasteiger partial charge in [0.05, 0.1) is 0 Å². The van der Waals surface area contributed by atoms with Crippen molar-refractivity contribution in [2.75, 3.05) is 6.54 Å². The van der Waals surface area contributed by atoms with Gasteiger partial charge in [-0.05, 0) is 48.4 Å². The van der Waals surface area contributed by atoms with Crippen LogP contribution < -0.4 is 0 Å². The highest BCUT2D eigenvalue weighted by molar-refractivity contribution is 5.94. The van der Waals surface area contributed by atoms with Crippen LogP contribution in [0, 0.1) is 0 Å². The maximum absolute atomic E-state index is 12.5. The van der Waals surface area contributed by atoms with E-state index in [2.05, 4.69) is 0 Å². The van der Waals surface area contributed by atoms with Crippen LogP contribution in [-0.4, -0.2) is 49.8 Å². The number of carboxylic acids is 1. The van der Waals surface area contributed by atoms with Gasteiger partial charge in [-0.2, -0.15) is 0 Å². The minimum atomic E-state index is -1.13. The molecule has 0 bridgehead atoms. The van der Waals surface area contributed by atoms with Gasteiger partial charge in [0.1, 0.15) is 11.8 Å². The summed E-state index contributed by atoms with van der Waals surface area (Å²) in [7, 11) is 0. The van der Waals surface area contributed by atoms with Gasteiger partial charge in [0.25, 0.3) is 0 Å². The van der Waals surface area contributed by atoms with Crippen molar-refractivity contribution < 1.29 is 30.0 Å². The molecule has 0 saturated heterocycles. The van der Waals surface area contributed by atoms with Crippen LogP contribution in [0.5, 0.6) is 17.2 Å². The Morgan fingerprint density at radius 2 is 1.70 bits per heavy atom. The summed E-state index contributed by atoms with van der Waals surface area (Å²) in [6, 6.07) is 9.18. The average molecular weight is 371 g/mol. The van der Waals surface area contributed by atoms with E-state index in [1.165, 1.54) is 47.4 Å². The Labute approximate surface area is 156 Å². The predicted molar refractivity (Wildman–Crippen MR) is 99.4 cm³/mol. The number of amides is 1. The summed E-state index contributed by atoms with van der Waals surface area (Å²) in [5, 5.41) is 37.7. The lowest BCUT2D eigenvalue weighted by atomic mass is 10.0. The predicted octanol–water partition coefficient (Wildman–Crippen LogP) is 2.36. The van der Waals surface area contributed by atoms with E-state index in [0.29, 0.717) is 11.1 Å². The van der Waals surface area contributed by atoms with Crippen LogP contribution in [0.2, 0.25) is 0 Å². The molecule has 0 aromatic heterocycles. The quantitative estimate of drug-likeness (QED) is 0.438. The molecule has 142 valence electrons. The second-order valence-electron chi connectivity index (χ2n) is 5.93. The van der Waals surface area contributed by atoms with Crippen molar-refractivity contribution in [3.05, 3.63) is 59.7 Å². The van der Waals surface area contributed by atoms with Crippen molar-refractivity contribution in [2.45, 2.75) is 19.4 Å². The second kappa shape index (κ2) is 8.75. The van der Waals surface area contributed by atoms with Crippen LogP contribution in [0.4, 0.5) is 0 Å². The number of carboxylic acid groups (broad SMARTS) is 1. The molecule has 0 aliphatic heterocycles. The van der Waals surface area contributed by atoms with Gasteiger partial charge in [-0.3, -0.25) is 4.79 Å². The van der Waals surface area contributed by atoms with Crippen LogP contribution in [-0.2, 0) is 16.0 Å². The molecule has 0 radical (unpaired) electrons. The maximum atomic E-state index is 12.5. The summed E-state index contributed by atoms with van der Waals surface area (Å²) in [5.41, 5.74) is 1.17. The fraction of sp³-hybridized carbons (Fsp3) is 0.200. The Kier molecular flexibility index (Phi) is 6.43. The molecule has 0 heterocycles. The van der Waals surface area contributed by atoms with Gasteiger partial charge in [-0.15, -0.1) is 0 Å². The zero-order chi connectivity index (χ0) is 20.0. The number of likely N-dealkylation sites (N-methyl/N-ethyl adjacent to an activating group) is 1. The summed E-state index contributed by atoms with van der Waals surface area (Å²) in [6.07, 6.45) is 2.76. The number of phenolic OH excluding ortho intramolecular Hbond substituents is 3. The lowest BCUT2D eigenvalue weighted by molar-refractivity contribution is -0.148. The number of carbonyl (C=O) groups is 2. The van der Waals surface area contributed by atoms with Gasteiger partial charge in [0, 0.05) is 19.0 Å². The van der Waals surface area contributed by atoms with E-state index >= 15 is 0 Å². The Morgan fingerprint density at radius 3 is 2.26 bits per heavy atom. The highest BCUT2D eigenvalue weighted by Gasteiger charge is 2.27. The van der Waals surface area contributed by atoms with E-state index in [0.717, 1.165) is 0 Å². The summed E-state index contributed by atoms with van der Waals surface area (Å²) in [5.74, 6) is -2.12. The summed E-state index contributed by atoms with van der Waals surface area (Å²) >= 11 is 0. The molecule has 2 aromatic carbocycles. The van der Waals surface area contributed by atoms with Crippen molar-refractivity contribution in [3.63, 3.8) is 0 Å². The highest BCUT2D eigenvalue weighted by atomic mass is 16.4. The van der Waals surface area contributed by atoms with Gasteiger partial charge >= 0.3 is 5.97 Å². The highest BCUT2D eigenvalue weighted by Crippen LogP contribution is 2.25. The number of hydrogen-bond donors (Lipinski definition) is 4. The summed E-state index contributed by atoms with van der Waals surface area (Å²) < 4.78 is 0. The molecule has 0 fully saturated rings. The van der Waals surface area contributed by atoms with E-state index in [-0.39, 0.29) is 30.2 Å². The lowest BCUT2D eigenvalue weighted by Crippen LogP contribution is -2.45. The normalized spacial score (nSPS) is 12.0. The molecule has 0 aliphatic rings. The van der Waals surface area contributed by atoms with E-state index < -0.39 is 17.9 Å². The maximum Gasteiger partial charge on any atom is 0.326 e. The van der Waals surface area contributed by atoms with Crippen LogP contribution in [0.15, 0.2) is 48.5 Å². The molecule has 0 saturated carbocycles. The topological polar surface area (TPSA) is 118 Å². The molecule has 0 spiro atoms. The molecule has 1 amide bonds. The number of aromatic hydroxyl groups is 3. The third-order valence-electron chi connectivity index (χ3n) is 4.07. The monoisotopic (exact) mass is 371 g/mol. The van der Waals surface area contributed by atoms with Crippen LogP contribution in [0.3, 0.4) is 0 Å². The van der Waals surface area contributed by atoms with Gasteiger partial charge in [-0.1, -0.05) is 18.2 Å². The van der Waals surface area contributed by atoms with Gasteiger partial charge in [-0.25, -0.2) is 4.79 Å². The van der Waals surface area contributed by atoms with Crippen molar-refractivity contribution in [2.24, 2.45) is 0 Å². The third kappa shape index (κ3) is 5.24. The van der Waals surface area contributed by atoms with Crippen LogP contribution >= 0.6 is 0 Å². The third-order valence-corrected chi connectivity index (χ3v) is 4.07. The molecule has 27 heavy (non-hydrogen) atoms. The van der Waals surface area contributed by atoms with E-state index in [4.69, 9.17) is 0 Å². The fourth-order valence-electron chi connectivity index (χ4n) is 2.62.